The average molecular weight is 590 g/mol. The van der Waals surface area contributed by atoms with E-state index < -0.39 is 0 Å². The van der Waals surface area contributed by atoms with Crippen molar-refractivity contribution < 1.29 is 9.53 Å². The summed E-state index contributed by atoms with van der Waals surface area (Å²) in [4.78, 5) is 16.3. The van der Waals surface area contributed by atoms with E-state index >= 15 is 0 Å². The van der Waals surface area contributed by atoms with Crippen LogP contribution in [0.2, 0.25) is 0 Å². The van der Waals surface area contributed by atoms with Crippen molar-refractivity contribution in [1.82, 2.24) is 0 Å². The quantitative estimate of drug-likeness (QED) is 0.0257. The van der Waals surface area contributed by atoms with Gasteiger partial charge in [0.05, 0.1) is 17.8 Å². The Morgan fingerprint density at radius 2 is 1.10 bits per heavy atom. The van der Waals surface area contributed by atoms with Crippen LogP contribution in [0.4, 0.5) is 0 Å². The molecule has 0 aliphatic carbocycles. The molecule has 0 aromatic carbocycles. The number of hydrogen-bond donors (Lipinski definition) is 0. The molecular formula is C37H67NO2S. The Morgan fingerprint density at radius 1 is 0.634 bits per heavy atom. The molecule has 238 valence electrons. The number of aliphatic imine (C=N–C) groups is 1. The molecule has 41 heavy (non-hydrogen) atoms. The van der Waals surface area contributed by atoms with E-state index in [0.29, 0.717) is 19.1 Å². The van der Waals surface area contributed by atoms with Crippen LogP contribution in [0.5, 0.6) is 0 Å². The third-order valence-corrected chi connectivity index (χ3v) is 8.01. The summed E-state index contributed by atoms with van der Waals surface area (Å²) < 4.78 is 5.34. The van der Waals surface area contributed by atoms with Gasteiger partial charge in [-0.1, -0.05) is 147 Å². The molecule has 0 aliphatic heterocycles. The molecule has 0 amide bonds. The van der Waals surface area contributed by atoms with Crippen LogP contribution in [0.25, 0.3) is 0 Å². The van der Waals surface area contributed by atoms with Crippen molar-refractivity contribution in [3.8, 4) is 0 Å². The molecule has 0 bridgehead atoms. The molecule has 0 N–H and O–H groups in total. The van der Waals surface area contributed by atoms with Crippen LogP contribution in [0, 0.1) is 0 Å². The van der Waals surface area contributed by atoms with E-state index in [-0.39, 0.29) is 5.97 Å². The molecule has 0 heterocycles. The third kappa shape index (κ3) is 33.1. The predicted molar refractivity (Wildman–Crippen MR) is 184 cm³/mol. The lowest BCUT2D eigenvalue weighted by Crippen LogP contribution is -2.05. The second-order valence-corrected chi connectivity index (χ2v) is 12.1. The monoisotopic (exact) mass is 589 g/mol. The van der Waals surface area contributed by atoms with E-state index in [0.717, 1.165) is 38.5 Å². The SMILES string of the molecule is CCCCC/C=C\C/C=C\CCCCCCCCC(CCCCCCCCCC(=O)OCCCCCCC)N=C=S. The van der Waals surface area contributed by atoms with Gasteiger partial charge in [-0.05, 0) is 70.0 Å². The van der Waals surface area contributed by atoms with Crippen LogP contribution in [-0.2, 0) is 9.53 Å². The van der Waals surface area contributed by atoms with Crippen LogP contribution in [0.15, 0.2) is 29.3 Å². The molecule has 0 fully saturated rings. The number of nitrogens with zero attached hydrogens (tertiary/aromatic N) is 1. The summed E-state index contributed by atoms with van der Waals surface area (Å²) in [5, 5.41) is 2.64. The molecule has 0 aliphatic rings. The minimum absolute atomic E-state index is 0.00885. The number of carbonyl (C=O) groups is 1. The molecule has 0 saturated carbocycles. The van der Waals surface area contributed by atoms with Gasteiger partial charge < -0.3 is 4.74 Å². The van der Waals surface area contributed by atoms with Crippen LogP contribution in [0.3, 0.4) is 0 Å². The van der Waals surface area contributed by atoms with E-state index in [9.17, 15) is 4.79 Å². The fourth-order valence-electron chi connectivity index (χ4n) is 5.21. The molecule has 0 spiro atoms. The highest BCUT2D eigenvalue weighted by molar-refractivity contribution is 7.78. The third-order valence-electron chi connectivity index (χ3n) is 7.90. The van der Waals surface area contributed by atoms with Crippen molar-refractivity contribution in [3.05, 3.63) is 24.3 Å². The van der Waals surface area contributed by atoms with E-state index in [2.05, 4.69) is 48.3 Å². The van der Waals surface area contributed by atoms with Gasteiger partial charge in [0, 0.05) is 6.42 Å². The maximum Gasteiger partial charge on any atom is 0.305 e. The highest BCUT2D eigenvalue weighted by Gasteiger charge is 2.07. The molecular weight excluding hydrogens is 522 g/mol. The molecule has 3 nitrogen and oxygen atoms in total. The summed E-state index contributed by atoms with van der Waals surface area (Å²) in [6.07, 6.45) is 42.1. The number of esters is 1. The van der Waals surface area contributed by atoms with Crippen LogP contribution < -0.4 is 0 Å². The summed E-state index contributed by atoms with van der Waals surface area (Å²) >= 11 is 4.91. The van der Waals surface area contributed by atoms with Gasteiger partial charge in [-0.3, -0.25) is 4.79 Å². The first-order valence-corrected chi connectivity index (χ1v) is 18.2. The van der Waals surface area contributed by atoms with Crippen LogP contribution in [-0.4, -0.2) is 23.8 Å². The Hall–Kier alpha value is -1.25. The van der Waals surface area contributed by atoms with Crippen molar-refractivity contribution in [1.29, 1.82) is 0 Å². The number of ether oxygens (including phenoxy) is 1. The number of carbonyl (C=O) groups excluding carboxylic acids is 1. The largest absolute Gasteiger partial charge is 0.466 e. The van der Waals surface area contributed by atoms with E-state index in [1.54, 1.807) is 0 Å². The van der Waals surface area contributed by atoms with Crippen molar-refractivity contribution in [2.75, 3.05) is 6.61 Å². The van der Waals surface area contributed by atoms with Crippen molar-refractivity contribution in [3.63, 3.8) is 0 Å². The molecule has 0 rings (SSSR count). The van der Waals surface area contributed by atoms with E-state index in [1.807, 2.05) is 0 Å². The number of thiocarbonyl (C=S) groups is 1. The smallest absolute Gasteiger partial charge is 0.305 e. The first-order valence-electron chi connectivity index (χ1n) is 17.8. The number of isothiocyanates is 1. The highest BCUT2D eigenvalue weighted by atomic mass is 32.1. The summed E-state index contributed by atoms with van der Waals surface area (Å²) in [7, 11) is 0. The first kappa shape index (κ1) is 39.8. The van der Waals surface area contributed by atoms with Gasteiger partial charge in [-0.15, -0.1) is 0 Å². The molecule has 1 unspecified atom stereocenters. The maximum atomic E-state index is 11.8. The van der Waals surface area contributed by atoms with Gasteiger partial charge in [-0.2, -0.15) is 0 Å². The normalized spacial score (nSPS) is 12.2. The number of hydrogen-bond acceptors (Lipinski definition) is 4. The molecule has 0 saturated heterocycles. The molecule has 4 heteroatoms. The number of rotatable bonds is 32. The fraction of sp³-hybridized carbons (Fsp3) is 0.838. The zero-order valence-electron chi connectivity index (χ0n) is 27.4. The van der Waals surface area contributed by atoms with Gasteiger partial charge in [-0.25, -0.2) is 4.99 Å². The van der Waals surface area contributed by atoms with Crippen LogP contribution >= 0.6 is 12.2 Å². The summed E-state index contributed by atoms with van der Waals surface area (Å²) in [5.41, 5.74) is 0. The van der Waals surface area contributed by atoms with E-state index in [4.69, 9.17) is 17.0 Å². The van der Waals surface area contributed by atoms with Crippen LogP contribution in [0.1, 0.15) is 187 Å². The summed E-state index contributed by atoms with van der Waals surface area (Å²) in [5.74, 6) is -0.00885. The standard InChI is InChI=1S/C37H67NO2S/c1-3-5-7-9-10-11-12-13-14-15-16-17-18-20-23-27-31-36(38-35-41)32-28-24-21-19-22-25-29-33-37(39)40-34-30-26-8-6-4-2/h10-11,13-14,36H,3-9,12,15-34H2,1-2H3/b11-10-,14-13-. The topological polar surface area (TPSA) is 38.7 Å². The van der Waals surface area contributed by atoms with Gasteiger partial charge >= 0.3 is 5.97 Å². The highest BCUT2D eigenvalue weighted by Crippen LogP contribution is 2.17. The minimum atomic E-state index is -0.00885. The zero-order chi connectivity index (χ0) is 29.9. The lowest BCUT2D eigenvalue weighted by molar-refractivity contribution is -0.143. The predicted octanol–water partition coefficient (Wildman–Crippen LogP) is 12.7. The maximum absolute atomic E-state index is 11.8. The Bertz CT molecular complexity index is 653. The van der Waals surface area contributed by atoms with Gasteiger partial charge in [0.15, 0.2) is 0 Å². The van der Waals surface area contributed by atoms with Gasteiger partial charge in [0.25, 0.3) is 0 Å². The Balaban J connectivity index is 3.53. The zero-order valence-corrected chi connectivity index (χ0v) is 28.2. The molecule has 0 aromatic heterocycles. The molecule has 1 atom stereocenters. The Kier molecular flexibility index (Phi) is 33.9. The number of allylic oxidation sites excluding steroid dienone is 4. The second-order valence-electron chi connectivity index (χ2n) is 11.9. The van der Waals surface area contributed by atoms with Crippen molar-refractivity contribution in [2.45, 2.75) is 193 Å². The Morgan fingerprint density at radius 3 is 1.68 bits per heavy atom. The minimum Gasteiger partial charge on any atom is -0.466 e. The Labute approximate surface area is 261 Å². The molecule has 0 aromatic rings. The fourth-order valence-corrected chi connectivity index (χ4v) is 5.36. The van der Waals surface area contributed by atoms with Gasteiger partial charge in [0.2, 0.25) is 0 Å². The van der Waals surface area contributed by atoms with Crippen molar-refractivity contribution in [2.24, 2.45) is 4.99 Å². The number of unbranched alkanes of at least 4 members (excludes halogenated alkanes) is 19. The summed E-state index contributed by atoms with van der Waals surface area (Å²) in [6.45, 7) is 5.08. The molecule has 0 radical (unpaired) electrons. The first-order chi connectivity index (χ1) is 20.2. The summed E-state index contributed by atoms with van der Waals surface area (Å²) in [6, 6.07) is 0.371. The second kappa shape index (κ2) is 34.9. The average Bonchev–Trinajstić information content (AvgIpc) is 2.97. The van der Waals surface area contributed by atoms with E-state index in [1.165, 1.54) is 128 Å². The van der Waals surface area contributed by atoms with Crippen molar-refractivity contribution >= 4 is 23.3 Å². The lowest BCUT2D eigenvalue weighted by atomic mass is 10.00. The lowest BCUT2D eigenvalue weighted by Gasteiger charge is -2.11. The van der Waals surface area contributed by atoms with Gasteiger partial charge in [0.1, 0.15) is 0 Å².